The van der Waals surface area contributed by atoms with E-state index < -0.39 is 0 Å². The zero-order valence-electron chi connectivity index (χ0n) is 10.3. The molecule has 2 rings (SSSR count). The molecule has 2 N–H and O–H groups in total. The van der Waals surface area contributed by atoms with Crippen LogP contribution in [0, 0.1) is 0 Å². The van der Waals surface area contributed by atoms with Crippen molar-refractivity contribution in [1.29, 1.82) is 0 Å². The van der Waals surface area contributed by atoms with E-state index in [1.807, 2.05) is 12.1 Å². The van der Waals surface area contributed by atoms with Crippen molar-refractivity contribution in [2.45, 2.75) is 26.3 Å². The highest BCUT2D eigenvalue weighted by molar-refractivity contribution is 5.75. The number of imidazole rings is 1. The minimum Gasteiger partial charge on any atom is -0.327 e. The first kappa shape index (κ1) is 11.9. The van der Waals surface area contributed by atoms with Gasteiger partial charge in [-0.1, -0.05) is 31.2 Å². The summed E-state index contributed by atoms with van der Waals surface area (Å²) < 4.78 is 2.27. The Labute approximate surface area is 102 Å². The van der Waals surface area contributed by atoms with Crippen LogP contribution in [0.2, 0.25) is 0 Å². The van der Waals surface area contributed by atoms with Crippen molar-refractivity contribution >= 4 is 11.0 Å². The zero-order valence-corrected chi connectivity index (χ0v) is 10.3. The van der Waals surface area contributed by atoms with Crippen molar-refractivity contribution in [1.82, 2.24) is 9.55 Å². The summed E-state index contributed by atoms with van der Waals surface area (Å²) in [6, 6.07) is 8.28. The number of aromatic nitrogens is 2. The van der Waals surface area contributed by atoms with Crippen molar-refractivity contribution < 1.29 is 0 Å². The van der Waals surface area contributed by atoms with E-state index in [0.29, 0.717) is 6.54 Å². The molecule has 0 aliphatic rings. The summed E-state index contributed by atoms with van der Waals surface area (Å²) in [5, 5.41) is 0. The van der Waals surface area contributed by atoms with E-state index in [1.165, 1.54) is 5.52 Å². The lowest BCUT2D eigenvalue weighted by Crippen LogP contribution is -2.03. The van der Waals surface area contributed by atoms with Gasteiger partial charge in [-0.25, -0.2) is 4.98 Å². The van der Waals surface area contributed by atoms with Crippen LogP contribution in [0.4, 0.5) is 0 Å². The Kier molecular flexibility index (Phi) is 3.94. The van der Waals surface area contributed by atoms with Crippen LogP contribution in [0.25, 0.3) is 11.0 Å². The fraction of sp³-hybridized carbons (Fsp3) is 0.357. The van der Waals surface area contributed by atoms with Gasteiger partial charge in [0.2, 0.25) is 0 Å². The Hall–Kier alpha value is -1.61. The molecule has 0 aliphatic carbocycles. The largest absolute Gasteiger partial charge is 0.327 e. The molecule has 3 nitrogen and oxygen atoms in total. The number of hydrogen-bond acceptors (Lipinski definition) is 2. The molecule has 0 aliphatic heterocycles. The molecule has 0 bridgehead atoms. The van der Waals surface area contributed by atoms with Gasteiger partial charge < -0.3 is 10.3 Å². The van der Waals surface area contributed by atoms with E-state index in [2.05, 4.69) is 40.7 Å². The predicted octanol–water partition coefficient (Wildman–Crippen LogP) is 2.50. The zero-order chi connectivity index (χ0) is 12.1. The van der Waals surface area contributed by atoms with Crippen molar-refractivity contribution in [2.75, 3.05) is 6.54 Å². The van der Waals surface area contributed by atoms with Gasteiger partial charge in [0.05, 0.1) is 11.0 Å². The molecule has 2 aromatic rings. The van der Waals surface area contributed by atoms with Gasteiger partial charge in [-0.15, -0.1) is 0 Å². The molecule has 1 aromatic heterocycles. The van der Waals surface area contributed by atoms with Crippen LogP contribution in [0.3, 0.4) is 0 Å². The third-order valence-corrected chi connectivity index (χ3v) is 2.80. The number of nitrogens with zero attached hydrogens (tertiary/aromatic N) is 2. The van der Waals surface area contributed by atoms with Crippen LogP contribution in [0.1, 0.15) is 19.2 Å². The molecule has 0 atom stereocenters. The van der Waals surface area contributed by atoms with Crippen LogP contribution in [0.5, 0.6) is 0 Å². The van der Waals surface area contributed by atoms with Gasteiger partial charge >= 0.3 is 0 Å². The maximum Gasteiger partial charge on any atom is 0.110 e. The van der Waals surface area contributed by atoms with E-state index in [1.54, 1.807) is 0 Å². The summed E-state index contributed by atoms with van der Waals surface area (Å²) in [4.78, 5) is 4.68. The van der Waals surface area contributed by atoms with Crippen LogP contribution in [-0.2, 0) is 13.0 Å². The predicted molar refractivity (Wildman–Crippen MR) is 71.9 cm³/mol. The van der Waals surface area contributed by atoms with Crippen molar-refractivity contribution in [3.8, 4) is 0 Å². The molecule has 0 saturated carbocycles. The summed E-state index contributed by atoms with van der Waals surface area (Å²) >= 11 is 0. The van der Waals surface area contributed by atoms with Gasteiger partial charge in [0, 0.05) is 19.5 Å². The first-order chi connectivity index (χ1) is 8.36. The van der Waals surface area contributed by atoms with Gasteiger partial charge in [0.1, 0.15) is 5.82 Å². The average molecular weight is 229 g/mol. The first-order valence-electron chi connectivity index (χ1n) is 6.16. The highest BCUT2D eigenvalue weighted by atomic mass is 15.1. The quantitative estimate of drug-likeness (QED) is 0.801. The lowest BCUT2D eigenvalue weighted by molar-refractivity contribution is 0.732. The van der Waals surface area contributed by atoms with Crippen molar-refractivity contribution in [2.24, 2.45) is 5.73 Å². The normalized spacial score (nSPS) is 11.6. The number of benzene rings is 1. The third kappa shape index (κ3) is 2.56. The lowest BCUT2D eigenvalue weighted by atomic mass is 10.3. The first-order valence-corrected chi connectivity index (χ1v) is 6.16. The maximum atomic E-state index is 5.47. The second-order valence-corrected chi connectivity index (χ2v) is 4.08. The lowest BCUT2D eigenvalue weighted by Gasteiger charge is -2.05. The van der Waals surface area contributed by atoms with Gasteiger partial charge in [-0.05, 0) is 18.6 Å². The fourth-order valence-electron chi connectivity index (χ4n) is 2.02. The molecular weight excluding hydrogens is 210 g/mol. The number of aryl methyl sites for hydroxylation is 1. The molecular formula is C14H19N3. The highest BCUT2D eigenvalue weighted by Crippen LogP contribution is 2.17. The van der Waals surface area contributed by atoms with Crippen LogP contribution in [0.15, 0.2) is 36.4 Å². The molecule has 0 amide bonds. The molecule has 90 valence electrons. The standard InChI is InChI=1S/C14H19N3/c1-2-7-14-16-12-8-3-4-9-13(12)17(14)11-6-5-10-15/h3-6,8-9H,2,7,10-11,15H2,1H3/b6-5+. The molecule has 0 spiro atoms. The number of nitrogens with two attached hydrogens (primary N) is 1. The van der Waals surface area contributed by atoms with Gasteiger partial charge in [0.15, 0.2) is 0 Å². The number of rotatable bonds is 5. The van der Waals surface area contributed by atoms with E-state index in [0.717, 1.165) is 30.7 Å². The van der Waals surface area contributed by atoms with Gasteiger partial charge in [-0.3, -0.25) is 0 Å². The molecule has 0 radical (unpaired) electrons. The number of fused-ring (bicyclic) bond motifs is 1. The topological polar surface area (TPSA) is 43.8 Å². The van der Waals surface area contributed by atoms with Crippen molar-refractivity contribution in [3.05, 3.63) is 42.2 Å². The van der Waals surface area contributed by atoms with Gasteiger partial charge in [-0.2, -0.15) is 0 Å². The Morgan fingerprint density at radius 2 is 2.12 bits per heavy atom. The summed E-state index contributed by atoms with van der Waals surface area (Å²) in [5.74, 6) is 1.16. The third-order valence-electron chi connectivity index (χ3n) is 2.80. The van der Waals surface area contributed by atoms with Crippen LogP contribution < -0.4 is 5.73 Å². The SMILES string of the molecule is CCCc1nc2ccccc2n1C/C=C/CN. The Balaban J connectivity index is 2.40. The molecule has 0 saturated heterocycles. The molecule has 1 heterocycles. The average Bonchev–Trinajstić information content (AvgIpc) is 2.69. The number of hydrogen-bond donors (Lipinski definition) is 1. The maximum absolute atomic E-state index is 5.47. The molecule has 0 fully saturated rings. The minimum absolute atomic E-state index is 0.593. The van der Waals surface area contributed by atoms with E-state index >= 15 is 0 Å². The van der Waals surface area contributed by atoms with E-state index in [-0.39, 0.29) is 0 Å². The number of para-hydroxylation sites is 2. The number of allylic oxidation sites excluding steroid dienone is 1. The Morgan fingerprint density at radius 1 is 1.29 bits per heavy atom. The second kappa shape index (κ2) is 5.64. The molecule has 17 heavy (non-hydrogen) atoms. The van der Waals surface area contributed by atoms with E-state index in [9.17, 15) is 0 Å². The fourth-order valence-corrected chi connectivity index (χ4v) is 2.02. The summed E-state index contributed by atoms with van der Waals surface area (Å²) in [6.07, 6.45) is 6.23. The summed E-state index contributed by atoms with van der Waals surface area (Å²) in [6.45, 7) is 3.63. The molecule has 1 aromatic carbocycles. The Bertz CT molecular complexity index is 511. The second-order valence-electron chi connectivity index (χ2n) is 4.08. The van der Waals surface area contributed by atoms with Crippen LogP contribution in [-0.4, -0.2) is 16.1 Å². The van der Waals surface area contributed by atoms with Crippen LogP contribution >= 0.6 is 0 Å². The van der Waals surface area contributed by atoms with Crippen molar-refractivity contribution in [3.63, 3.8) is 0 Å². The smallest absolute Gasteiger partial charge is 0.110 e. The van der Waals surface area contributed by atoms with Gasteiger partial charge in [0.25, 0.3) is 0 Å². The Morgan fingerprint density at radius 3 is 2.88 bits per heavy atom. The monoisotopic (exact) mass is 229 g/mol. The van der Waals surface area contributed by atoms with E-state index in [4.69, 9.17) is 5.73 Å². The molecule has 0 unspecified atom stereocenters. The summed E-state index contributed by atoms with van der Waals surface area (Å²) in [7, 11) is 0. The molecule has 3 heteroatoms. The minimum atomic E-state index is 0.593. The summed E-state index contributed by atoms with van der Waals surface area (Å²) in [5.41, 5.74) is 7.75. The highest BCUT2D eigenvalue weighted by Gasteiger charge is 2.07.